The smallest absolute Gasteiger partial charge is 0.256 e. The molecule has 0 fully saturated rings. The normalized spacial score (nSPS) is 13.7. The number of carbonyl (C=O) groups excluding carboxylic acids is 1. The topological polar surface area (TPSA) is 47.6 Å². The standard InChI is InChI=1S/C14H20BrNO3/c1-4-14(2,18-3)13(17)16-11-5-7-12(8-6-11)19-10-9-15/h5-8H,4,9-10H2,1-3H3,(H,16,17). The Morgan fingerprint density at radius 2 is 2.00 bits per heavy atom. The molecule has 0 spiro atoms. The average Bonchev–Trinajstić information content (AvgIpc) is 2.45. The van der Waals surface area contributed by atoms with E-state index in [4.69, 9.17) is 9.47 Å². The lowest BCUT2D eigenvalue weighted by Crippen LogP contribution is -2.41. The molecule has 1 atom stereocenters. The van der Waals surface area contributed by atoms with E-state index in [-0.39, 0.29) is 5.91 Å². The monoisotopic (exact) mass is 329 g/mol. The molecule has 0 heterocycles. The van der Waals surface area contributed by atoms with Gasteiger partial charge in [-0.2, -0.15) is 0 Å². The number of benzene rings is 1. The second kappa shape index (κ2) is 7.50. The SMILES string of the molecule is CCC(C)(OC)C(=O)Nc1ccc(OCCBr)cc1. The Balaban J connectivity index is 2.65. The zero-order valence-corrected chi connectivity index (χ0v) is 13.1. The molecular formula is C14H20BrNO3. The van der Waals surface area contributed by atoms with Crippen molar-refractivity contribution in [1.82, 2.24) is 0 Å². The molecule has 1 rings (SSSR count). The third-order valence-electron chi connectivity index (χ3n) is 3.06. The second-order valence-electron chi connectivity index (χ2n) is 4.30. The number of amides is 1. The molecule has 0 saturated carbocycles. The maximum Gasteiger partial charge on any atom is 0.256 e. The summed E-state index contributed by atoms with van der Waals surface area (Å²) in [5.74, 6) is 0.633. The highest BCUT2D eigenvalue weighted by Crippen LogP contribution is 2.20. The fourth-order valence-electron chi connectivity index (χ4n) is 1.45. The van der Waals surface area contributed by atoms with Crippen molar-refractivity contribution in [3.05, 3.63) is 24.3 Å². The summed E-state index contributed by atoms with van der Waals surface area (Å²) in [7, 11) is 1.54. The quantitative estimate of drug-likeness (QED) is 0.781. The molecule has 1 aromatic carbocycles. The van der Waals surface area contributed by atoms with Crippen LogP contribution in [0.15, 0.2) is 24.3 Å². The molecule has 0 aliphatic heterocycles. The maximum atomic E-state index is 12.1. The van der Waals surface area contributed by atoms with Gasteiger partial charge in [0.05, 0.1) is 6.61 Å². The van der Waals surface area contributed by atoms with Crippen LogP contribution in [0.1, 0.15) is 20.3 Å². The Kier molecular flexibility index (Phi) is 6.31. The fraction of sp³-hybridized carbons (Fsp3) is 0.500. The van der Waals surface area contributed by atoms with Crippen molar-refractivity contribution in [2.45, 2.75) is 25.9 Å². The predicted octanol–water partition coefficient (Wildman–Crippen LogP) is 3.21. The third-order valence-corrected chi connectivity index (χ3v) is 3.39. The molecule has 5 heteroatoms. The minimum atomic E-state index is -0.800. The minimum Gasteiger partial charge on any atom is -0.493 e. The summed E-state index contributed by atoms with van der Waals surface area (Å²) < 4.78 is 10.7. The number of alkyl halides is 1. The van der Waals surface area contributed by atoms with Crippen molar-refractivity contribution < 1.29 is 14.3 Å². The predicted molar refractivity (Wildman–Crippen MR) is 80.1 cm³/mol. The summed E-state index contributed by atoms with van der Waals surface area (Å²) in [6, 6.07) is 7.28. The lowest BCUT2D eigenvalue weighted by atomic mass is 10.0. The van der Waals surface area contributed by atoms with Crippen LogP contribution in [0.4, 0.5) is 5.69 Å². The fourth-order valence-corrected chi connectivity index (χ4v) is 1.61. The van der Waals surface area contributed by atoms with Gasteiger partial charge in [-0.3, -0.25) is 4.79 Å². The molecule has 1 N–H and O–H groups in total. The molecule has 0 aliphatic carbocycles. The molecule has 0 radical (unpaired) electrons. The van der Waals surface area contributed by atoms with Crippen LogP contribution in [0.25, 0.3) is 0 Å². The van der Waals surface area contributed by atoms with Gasteiger partial charge in [-0.05, 0) is 37.6 Å². The number of methoxy groups -OCH3 is 1. The summed E-state index contributed by atoms with van der Waals surface area (Å²) >= 11 is 3.30. The summed E-state index contributed by atoms with van der Waals surface area (Å²) in [6.45, 7) is 4.30. The average molecular weight is 330 g/mol. The first-order valence-corrected chi connectivity index (χ1v) is 7.33. The van der Waals surface area contributed by atoms with Crippen molar-refractivity contribution in [1.29, 1.82) is 0 Å². The largest absolute Gasteiger partial charge is 0.493 e. The first kappa shape index (κ1) is 16.0. The number of ether oxygens (including phenoxy) is 2. The molecule has 1 aromatic rings. The van der Waals surface area contributed by atoms with E-state index in [1.165, 1.54) is 0 Å². The highest BCUT2D eigenvalue weighted by atomic mass is 79.9. The number of carbonyl (C=O) groups is 1. The Hall–Kier alpha value is -1.07. The third kappa shape index (κ3) is 4.51. The van der Waals surface area contributed by atoms with Crippen LogP contribution >= 0.6 is 15.9 Å². The van der Waals surface area contributed by atoms with Gasteiger partial charge < -0.3 is 14.8 Å². The molecule has 0 bridgehead atoms. The van der Waals surface area contributed by atoms with Crippen molar-refractivity contribution in [3.63, 3.8) is 0 Å². The summed E-state index contributed by atoms with van der Waals surface area (Å²) in [4.78, 5) is 12.1. The van der Waals surface area contributed by atoms with Crippen LogP contribution in [0, 0.1) is 0 Å². The van der Waals surface area contributed by atoms with Gasteiger partial charge in [0.25, 0.3) is 5.91 Å². The van der Waals surface area contributed by atoms with Gasteiger partial charge in [0.2, 0.25) is 0 Å². The van der Waals surface area contributed by atoms with Gasteiger partial charge in [0.15, 0.2) is 0 Å². The van der Waals surface area contributed by atoms with Gasteiger partial charge >= 0.3 is 0 Å². The van der Waals surface area contributed by atoms with E-state index in [2.05, 4.69) is 21.2 Å². The van der Waals surface area contributed by atoms with Crippen molar-refractivity contribution in [2.75, 3.05) is 24.4 Å². The number of anilines is 1. The van der Waals surface area contributed by atoms with Crippen molar-refractivity contribution in [3.8, 4) is 5.75 Å². The van der Waals surface area contributed by atoms with Crippen molar-refractivity contribution >= 4 is 27.5 Å². The van der Waals surface area contributed by atoms with Crippen LogP contribution in [0.3, 0.4) is 0 Å². The molecule has 0 aromatic heterocycles. The maximum absolute atomic E-state index is 12.1. The molecule has 1 amide bonds. The van der Waals surface area contributed by atoms with E-state index in [0.29, 0.717) is 13.0 Å². The second-order valence-corrected chi connectivity index (χ2v) is 5.10. The Morgan fingerprint density at radius 3 is 2.47 bits per heavy atom. The minimum absolute atomic E-state index is 0.147. The summed E-state index contributed by atoms with van der Waals surface area (Å²) in [6.07, 6.45) is 0.613. The van der Waals surface area contributed by atoms with Gasteiger partial charge in [0, 0.05) is 18.1 Å². The van der Waals surface area contributed by atoms with E-state index in [1.807, 2.05) is 31.2 Å². The lowest BCUT2D eigenvalue weighted by molar-refractivity contribution is -0.136. The van der Waals surface area contributed by atoms with Gasteiger partial charge in [-0.25, -0.2) is 0 Å². The van der Waals surface area contributed by atoms with Crippen LogP contribution in [-0.2, 0) is 9.53 Å². The number of nitrogens with one attached hydrogen (secondary N) is 1. The summed E-state index contributed by atoms with van der Waals surface area (Å²) in [5.41, 5.74) is -0.0709. The molecule has 106 valence electrons. The molecular weight excluding hydrogens is 310 g/mol. The molecule has 4 nitrogen and oxygen atoms in total. The first-order valence-electron chi connectivity index (χ1n) is 6.21. The first-order chi connectivity index (χ1) is 9.05. The van der Waals surface area contributed by atoms with E-state index < -0.39 is 5.60 Å². The van der Waals surface area contributed by atoms with E-state index in [9.17, 15) is 4.79 Å². The number of hydrogen-bond acceptors (Lipinski definition) is 3. The highest BCUT2D eigenvalue weighted by Gasteiger charge is 2.30. The number of rotatable bonds is 7. The number of halogens is 1. The van der Waals surface area contributed by atoms with Gasteiger partial charge in [0.1, 0.15) is 11.4 Å². The van der Waals surface area contributed by atoms with Gasteiger partial charge in [-0.1, -0.05) is 22.9 Å². The summed E-state index contributed by atoms with van der Waals surface area (Å²) in [5, 5.41) is 3.62. The molecule has 0 saturated heterocycles. The van der Waals surface area contributed by atoms with Crippen LogP contribution in [0.2, 0.25) is 0 Å². The Bertz CT molecular complexity index is 402. The van der Waals surface area contributed by atoms with Crippen LogP contribution < -0.4 is 10.1 Å². The lowest BCUT2D eigenvalue weighted by Gasteiger charge is -2.25. The van der Waals surface area contributed by atoms with Gasteiger partial charge in [-0.15, -0.1) is 0 Å². The van der Waals surface area contributed by atoms with E-state index in [1.54, 1.807) is 14.0 Å². The zero-order valence-electron chi connectivity index (χ0n) is 11.5. The Morgan fingerprint density at radius 1 is 1.37 bits per heavy atom. The molecule has 19 heavy (non-hydrogen) atoms. The van der Waals surface area contributed by atoms with Crippen LogP contribution in [-0.4, -0.2) is 30.6 Å². The van der Waals surface area contributed by atoms with Crippen LogP contribution in [0.5, 0.6) is 5.75 Å². The highest BCUT2D eigenvalue weighted by molar-refractivity contribution is 9.09. The molecule has 1 unspecified atom stereocenters. The van der Waals surface area contributed by atoms with Crippen molar-refractivity contribution in [2.24, 2.45) is 0 Å². The van der Waals surface area contributed by atoms with E-state index >= 15 is 0 Å². The Labute approximate surface area is 122 Å². The number of hydrogen-bond donors (Lipinski definition) is 1. The van der Waals surface area contributed by atoms with E-state index in [0.717, 1.165) is 16.8 Å². The molecule has 0 aliphatic rings. The zero-order chi connectivity index (χ0) is 14.3.